The van der Waals surface area contributed by atoms with Gasteiger partial charge in [-0.25, -0.2) is 4.68 Å². The van der Waals surface area contributed by atoms with Gasteiger partial charge in [0.15, 0.2) is 5.82 Å². The molecular formula is C17H14ClN3O. The number of aromatic nitrogens is 2. The van der Waals surface area contributed by atoms with Gasteiger partial charge in [-0.3, -0.25) is 4.79 Å². The number of anilines is 1. The fourth-order valence-corrected chi connectivity index (χ4v) is 2.22. The quantitative estimate of drug-likeness (QED) is 0.798. The van der Waals surface area contributed by atoms with Crippen LogP contribution in [0, 0.1) is 0 Å². The van der Waals surface area contributed by atoms with E-state index in [1.807, 2.05) is 48.7 Å². The van der Waals surface area contributed by atoms with Gasteiger partial charge in [0.2, 0.25) is 5.91 Å². The predicted octanol–water partition coefficient (Wildman–Crippen LogP) is 3.71. The van der Waals surface area contributed by atoms with Gasteiger partial charge in [0, 0.05) is 17.3 Å². The number of nitrogens with zero attached hydrogens (tertiary/aromatic N) is 2. The van der Waals surface area contributed by atoms with Gasteiger partial charge >= 0.3 is 0 Å². The Balaban J connectivity index is 1.65. The second kappa shape index (κ2) is 6.45. The van der Waals surface area contributed by atoms with E-state index in [9.17, 15) is 4.79 Å². The van der Waals surface area contributed by atoms with Gasteiger partial charge in [-0.1, -0.05) is 41.9 Å². The molecule has 0 unspecified atom stereocenters. The summed E-state index contributed by atoms with van der Waals surface area (Å²) in [6, 6.07) is 18.7. The van der Waals surface area contributed by atoms with Crippen molar-refractivity contribution in [2.45, 2.75) is 6.42 Å². The number of benzene rings is 2. The lowest BCUT2D eigenvalue weighted by molar-refractivity contribution is -0.115. The number of hydrogen-bond acceptors (Lipinski definition) is 2. The lowest BCUT2D eigenvalue weighted by atomic mass is 10.1. The van der Waals surface area contributed by atoms with Crippen LogP contribution in [-0.2, 0) is 11.2 Å². The molecule has 0 bridgehead atoms. The molecule has 110 valence electrons. The Hall–Kier alpha value is -2.59. The summed E-state index contributed by atoms with van der Waals surface area (Å²) in [5.74, 6) is 0.420. The maximum atomic E-state index is 12.0. The van der Waals surface area contributed by atoms with E-state index in [4.69, 9.17) is 11.6 Å². The average molecular weight is 312 g/mol. The van der Waals surface area contributed by atoms with Crippen molar-refractivity contribution < 1.29 is 4.79 Å². The monoisotopic (exact) mass is 311 g/mol. The van der Waals surface area contributed by atoms with Gasteiger partial charge in [0.25, 0.3) is 0 Å². The van der Waals surface area contributed by atoms with E-state index in [-0.39, 0.29) is 12.3 Å². The summed E-state index contributed by atoms with van der Waals surface area (Å²) < 4.78 is 1.72. The molecule has 3 aromatic rings. The summed E-state index contributed by atoms with van der Waals surface area (Å²) in [6.45, 7) is 0. The normalized spacial score (nSPS) is 10.4. The van der Waals surface area contributed by atoms with Gasteiger partial charge in [0.1, 0.15) is 0 Å². The minimum atomic E-state index is -0.111. The Labute approximate surface area is 133 Å². The second-order valence-corrected chi connectivity index (χ2v) is 5.27. The SMILES string of the molecule is O=C(Cc1ccc(Cl)cc1)Nc1ccn(-c2ccccc2)n1. The lowest BCUT2D eigenvalue weighted by Gasteiger charge is -2.03. The highest BCUT2D eigenvalue weighted by Gasteiger charge is 2.07. The van der Waals surface area contributed by atoms with Gasteiger partial charge in [-0.15, -0.1) is 0 Å². The highest BCUT2D eigenvalue weighted by molar-refractivity contribution is 6.30. The van der Waals surface area contributed by atoms with Crippen molar-refractivity contribution in [2.24, 2.45) is 0 Å². The fraction of sp³-hybridized carbons (Fsp3) is 0.0588. The van der Waals surface area contributed by atoms with Crippen LogP contribution in [0.3, 0.4) is 0 Å². The largest absolute Gasteiger partial charge is 0.309 e. The Morgan fingerprint density at radius 3 is 2.50 bits per heavy atom. The molecule has 5 heteroatoms. The Morgan fingerprint density at radius 1 is 1.05 bits per heavy atom. The first-order valence-corrected chi connectivity index (χ1v) is 7.24. The van der Waals surface area contributed by atoms with Crippen molar-refractivity contribution in [3.05, 3.63) is 77.4 Å². The molecule has 0 spiro atoms. The number of carbonyl (C=O) groups is 1. The molecule has 1 aromatic heterocycles. The predicted molar refractivity (Wildman–Crippen MR) is 87.3 cm³/mol. The number of nitrogens with one attached hydrogen (secondary N) is 1. The number of para-hydroxylation sites is 1. The third-order valence-corrected chi connectivity index (χ3v) is 3.41. The summed E-state index contributed by atoms with van der Waals surface area (Å²) >= 11 is 5.83. The van der Waals surface area contributed by atoms with Crippen LogP contribution < -0.4 is 5.32 Å². The zero-order chi connectivity index (χ0) is 15.4. The van der Waals surface area contributed by atoms with E-state index >= 15 is 0 Å². The van der Waals surface area contributed by atoms with Gasteiger partial charge in [0.05, 0.1) is 12.1 Å². The molecule has 3 rings (SSSR count). The number of hydrogen-bond donors (Lipinski definition) is 1. The van der Waals surface area contributed by atoms with Crippen LogP contribution >= 0.6 is 11.6 Å². The minimum absolute atomic E-state index is 0.111. The topological polar surface area (TPSA) is 46.9 Å². The minimum Gasteiger partial charge on any atom is -0.309 e. The van der Waals surface area contributed by atoms with Crippen molar-refractivity contribution in [1.82, 2.24) is 9.78 Å². The van der Waals surface area contributed by atoms with E-state index in [2.05, 4.69) is 10.4 Å². The van der Waals surface area contributed by atoms with Crippen molar-refractivity contribution in [3.8, 4) is 5.69 Å². The van der Waals surface area contributed by atoms with Gasteiger partial charge in [-0.2, -0.15) is 5.10 Å². The molecule has 4 nitrogen and oxygen atoms in total. The lowest BCUT2D eigenvalue weighted by Crippen LogP contribution is -2.15. The summed E-state index contributed by atoms with van der Waals surface area (Å²) in [7, 11) is 0. The van der Waals surface area contributed by atoms with Crippen LogP contribution in [0.4, 0.5) is 5.82 Å². The van der Waals surface area contributed by atoms with Crippen molar-refractivity contribution >= 4 is 23.3 Å². The van der Waals surface area contributed by atoms with Gasteiger partial charge in [-0.05, 0) is 29.8 Å². The summed E-state index contributed by atoms with van der Waals surface area (Å²) in [5.41, 5.74) is 1.85. The molecule has 0 aliphatic carbocycles. The summed E-state index contributed by atoms with van der Waals surface area (Å²) in [5, 5.41) is 7.79. The third-order valence-electron chi connectivity index (χ3n) is 3.16. The fourth-order valence-electron chi connectivity index (χ4n) is 2.09. The molecule has 0 saturated carbocycles. The Bertz CT molecular complexity index is 766. The van der Waals surface area contributed by atoms with Crippen LogP contribution in [0.5, 0.6) is 0 Å². The maximum absolute atomic E-state index is 12.0. The third kappa shape index (κ3) is 3.54. The molecule has 2 aromatic carbocycles. The number of rotatable bonds is 4. The zero-order valence-corrected chi connectivity index (χ0v) is 12.5. The summed E-state index contributed by atoms with van der Waals surface area (Å²) in [4.78, 5) is 12.0. The molecule has 1 amide bonds. The molecular weight excluding hydrogens is 298 g/mol. The smallest absolute Gasteiger partial charge is 0.229 e. The molecule has 0 fully saturated rings. The highest BCUT2D eigenvalue weighted by atomic mass is 35.5. The second-order valence-electron chi connectivity index (χ2n) is 4.83. The first-order valence-electron chi connectivity index (χ1n) is 6.86. The van der Waals surface area contributed by atoms with E-state index in [0.717, 1.165) is 11.3 Å². The molecule has 1 heterocycles. The van der Waals surface area contributed by atoms with Crippen LogP contribution in [0.2, 0.25) is 5.02 Å². The molecule has 22 heavy (non-hydrogen) atoms. The first kappa shape index (κ1) is 14.4. The molecule has 1 N–H and O–H groups in total. The van der Waals surface area contributed by atoms with Crippen LogP contribution in [-0.4, -0.2) is 15.7 Å². The van der Waals surface area contributed by atoms with Crippen LogP contribution in [0.15, 0.2) is 66.9 Å². The standard InChI is InChI=1S/C17H14ClN3O/c18-14-8-6-13(7-9-14)12-17(22)19-16-10-11-21(20-16)15-4-2-1-3-5-15/h1-11H,12H2,(H,19,20,22). The van der Waals surface area contributed by atoms with E-state index in [1.165, 1.54) is 0 Å². The summed E-state index contributed by atoms with van der Waals surface area (Å²) in [6.07, 6.45) is 2.10. The van der Waals surface area contributed by atoms with Crippen molar-refractivity contribution in [3.63, 3.8) is 0 Å². The van der Waals surface area contributed by atoms with E-state index in [1.54, 1.807) is 22.9 Å². The van der Waals surface area contributed by atoms with Crippen molar-refractivity contribution in [1.29, 1.82) is 0 Å². The zero-order valence-electron chi connectivity index (χ0n) is 11.7. The molecule has 0 saturated heterocycles. The highest BCUT2D eigenvalue weighted by Crippen LogP contribution is 2.12. The number of halogens is 1. The Kier molecular flexibility index (Phi) is 4.21. The van der Waals surface area contributed by atoms with E-state index in [0.29, 0.717) is 10.8 Å². The van der Waals surface area contributed by atoms with E-state index < -0.39 is 0 Å². The molecule has 0 atom stereocenters. The Morgan fingerprint density at radius 2 is 1.77 bits per heavy atom. The average Bonchev–Trinajstić information content (AvgIpc) is 2.99. The number of amides is 1. The molecule has 0 radical (unpaired) electrons. The first-order chi connectivity index (χ1) is 10.7. The molecule has 0 aliphatic rings. The van der Waals surface area contributed by atoms with Crippen molar-refractivity contribution in [2.75, 3.05) is 5.32 Å². The van der Waals surface area contributed by atoms with Gasteiger partial charge < -0.3 is 5.32 Å². The van der Waals surface area contributed by atoms with Crippen LogP contribution in [0.25, 0.3) is 5.69 Å². The number of carbonyl (C=O) groups excluding carboxylic acids is 1. The maximum Gasteiger partial charge on any atom is 0.229 e. The molecule has 0 aliphatic heterocycles. The van der Waals surface area contributed by atoms with Crippen LogP contribution in [0.1, 0.15) is 5.56 Å².